The average Bonchev–Trinajstić information content (AvgIpc) is 3.07. The summed E-state index contributed by atoms with van der Waals surface area (Å²) in [5, 5.41) is 21.2. The van der Waals surface area contributed by atoms with Crippen molar-refractivity contribution in [1.82, 2.24) is 0 Å². The Morgan fingerprint density at radius 3 is 2.31 bits per heavy atom. The number of aliphatic hydroxyl groups is 2. The van der Waals surface area contributed by atoms with E-state index in [0.29, 0.717) is 11.3 Å². The van der Waals surface area contributed by atoms with Crippen LogP contribution in [0, 0.1) is 0 Å². The Kier molecular flexibility index (Phi) is 4.43. The number of cyclic esters (lactones) is 1. The standard InChI is InChI=1S/C22H16O7/c1-28-12-6-4-5-11(9-12)16(17-15(23)10-29-22(17)27)18-19(24)13-7-2-3-8-14(13)20(25)21(18)26/h2-9,16,23-24H,10H2,1H3. The van der Waals surface area contributed by atoms with E-state index >= 15 is 0 Å². The lowest BCUT2D eigenvalue weighted by Crippen LogP contribution is -2.29. The van der Waals surface area contributed by atoms with Gasteiger partial charge in [0, 0.05) is 11.1 Å². The predicted molar refractivity (Wildman–Crippen MR) is 102 cm³/mol. The zero-order chi connectivity index (χ0) is 20.7. The van der Waals surface area contributed by atoms with Gasteiger partial charge >= 0.3 is 5.97 Å². The Hall–Kier alpha value is -3.87. The number of carbonyl (C=O) groups excluding carboxylic acids is 3. The van der Waals surface area contributed by atoms with Crippen LogP contribution in [0.1, 0.15) is 27.4 Å². The monoisotopic (exact) mass is 392 g/mol. The van der Waals surface area contributed by atoms with Gasteiger partial charge in [-0.2, -0.15) is 0 Å². The number of benzene rings is 2. The van der Waals surface area contributed by atoms with Crippen molar-refractivity contribution < 1.29 is 34.1 Å². The summed E-state index contributed by atoms with van der Waals surface area (Å²) in [4.78, 5) is 38.0. The molecule has 1 heterocycles. The molecule has 0 amide bonds. The molecule has 0 spiro atoms. The smallest absolute Gasteiger partial charge is 0.338 e. The number of carbonyl (C=O) groups is 3. The fourth-order valence-electron chi connectivity index (χ4n) is 3.64. The number of aliphatic hydroxyl groups excluding tert-OH is 2. The molecular weight excluding hydrogens is 376 g/mol. The fourth-order valence-corrected chi connectivity index (χ4v) is 3.64. The van der Waals surface area contributed by atoms with Gasteiger partial charge in [-0.15, -0.1) is 0 Å². The largest absolute Gasteiger partial charge is 0.508 e. The molecule has 1 atom stereocenters. The summed E-state index contributed by atoms with van der Waals surface area (Å²) in [5.41, 5.74) is 0.163. The highest BCUT2D eigenvalue weighted by Gasteiger charge is 2.43. The molecule has 1 unspecified atom stereocenters. The van der Waals surface area contributed by atoms with E-state index in [-0.39, 0.29) is 34.6 Å². The van der Waals surface area contributed by atoms with Crippen LogP contribution in [-0.4, -0.2) is 41.5 Å². The molecule has 0 fully saturated rings. The van der Waals surface area contributed by atoms with Crippen molar-refractivity contribution in [1.29, 1.82) is 0 Å². The summed E-state index contributed by atoms with van der Waals surface area (Å²) in [6.45, 7) is -0.346. The zero-order valence-corrected chi connectivity index (χ0v) is 15.3. The normalized spacial score (nSPS) is 17.3. The highest BCUT2D eigenvalue weighted by molar-refractivity contribution is 6.52. The first-order valence-electron chi connectivity index (χ1n) is 8.78. The highest BCUT2D eigenvalue weighted by atomic mass is 16.5. The number of rotatable bonds is 4. The quantitative estimate of drug-likeness (QED) is 0.608. The van der Waals surface area contributed by atoms with Crippen molar-refractivity contribution in [3.8, 4) is 5.75 Å². The molecule has 7 nitrogen and oxygen atoms in total. The van der Waals surface area contributed by atoms with Crippen LogP contribution < -0.4 is 4.74 Å². The molecule has 2 aliphatic rings. The highest BCUT2D eigenvalue weighted by Crippen LogP contribution is 2.43. The Balaban J connectivity index is 2.01. The van der Waals surface area contributed by atoms with E-state index in [9.17, 15) is 24.6 Å². The van der Waals surface area contributed by atoms with Crippen LogP contribution in [0.3, 0.4) is 0 Å². The van der Waals surface area contributed by atoms with Gasteiger partial charge in [0.1, 0.15) is 23.9 Å². The molecule has 2 N–H and O–H groups in total. The number of fused-ring (bicyclic) bond motifs is 1. The van der Waals surface area contributed by atoms with Crippen LogP contribution in [0.25, 0.3) is 5.76 Å². The SMILES string of the molecule is COc1cccc(C(C2=C(O)COC2=O)C2=C(O)c3ccccc3C(=O)C2=O)c1. The van der Waals surface area contributed by atoms with Crippen molar-refractivity contribution in [3.05, 3.63) is 82.1 Å². The Morgan fingerprint density at radius 1 is 0.931 bits per heavy atom. The number of allylic oxidation sites excluding steroid dienone is 1. The van der Waals surface area contributed by atoms with E-state index in [2.05, 4.69) is 0 Å². The number of Topliss-reactive ketones (excluding diaryl/α,β-unsaturated/α-hetero) is 2. The first kappa shape index (κ1) is 18.5. The molecule has 1 aliphatic carbocycles. The molecule has 0 saturated heterocycles. The van der Waals surface area contributed by atoms with Crippen molar-refractivity contribution >= 4 is 23.3 Å². The molecule has 29 heavy (non-hydrogen) atoms. The second-order valence-corrected chi connectivity index (χ2v) is 6.61. The third-order valence-corrected chi connectivity index (χ3v) is 5.01. The first-order chi connectivity index (χ1) is 13.9. The third kappa shape index (κ3) is 2.87. The summed E-state index contributed by atoms with van der Waals surface area (Å²) in [6, 6.07) is 12.6. The Labute approximate surface area is 165 Å². The lowest BCUT2D eigenvalue weighted by molar-refractivity contribution is -0.136. The van der Waals surface area contributed by atoms with Gasteiger partial charge in [-0.05, 0) is 17.7 Å². The molecule has 4 rings (SSSR count). The minimum atomic E-state index is -1.20. The summed E-state index contributed by atoms with van der Waals surface area (Å²) < 4.78 is 10.1. The number of ketones is 2. The second kappa shape index (κ2) is 6.94. The van der Waals surface area contributed by atoms with E-state index in [1.807, 2.05) is 0 Å². The molecule has 7 heteroatoms. The third-order valence-electron chi connectivity index (χ3n) is 5.01. The van der Waals surface area contributed by atoms with Gasteiger partial charge in [-0.1, -0.05) is 36.4 Å². The van der Waals surface area contributed by atoms with Gasteiger partial charge in [0.2, 0.25) is 11.6 Å². The van der Waals surface area contributed by atoms with Gasteiger partial charge in [0.15, 0.2) is 0 Å². The molecule has 0 bridgehead atoms. The van der Waals surface area contributed by atoms with E-state index in [1.54, 1.807) is 36.4 Å². The van der Waals surface area contributed by atoms with Crippen LogP contribution >= 0.6 is 0 Å². The summed E-state index contributed by atoms with van der Waals surface area (Å²) >= 11 is 0. The lowest BCUT2D eigenvalue weighted by atomic mass is 9.76. The number of hydrogen-bond acceptors (Lipinski definition) is 7. The maximum Gasteiger partial charge on any atom is 0.338 e. The predicted octanol–water partition coefficient (Wildman–Crippen LogP) is 2.88. The molecule has 1 aliphatic heterocycles. The molecule has 0 saturated carbocycles. The molecular formula is C22H16O7. The van der Waals surface area contributed by atoms with E-state index in [1.165, 1.54) is 19.2 Å². The lowest BCUT2D eigenvalue weighted by Gasteiger charge is -2.25. The van der Waals surface area contributed by atoms with Crippen molar-refractivity contribution in [2.24, 2.45) is 0 Å². The van der Waals surface area contributed by atoms with Crippen molar-refractivity contribution in [2.45, 2.75) is 5.92 Å². The maximum atomic E-state index is 13.0. The minimum Gasteiger partial charge on any atom is -0.508 e. The summed E-state index contributed by atoms with van der Waals surface area (Å²) in [6.07, 6.45) is 0. The molecule has 146 valence electrons. The minimum absolute atomic E-state index is 0.0790. The number of methoxy groups -OCH3 is 1. The van der Waals surface area contributed by atoms with Crippen LogP contribution in [-0.2, 0) is 14.3 Å². The van der Waals surface area contributed by atoms with E-state index in [0.717, 1.165) is 0 Å². The van der Waals surface area contributed by atoms with Gasteiger partial charge in [-0.3, -0.25) is 9.59 Å². The average molecular weight is 392 g/mol. The molecule has 2 aromatic carbocycles. The van der Waals surface area contributed by atoms with Gasteiger partial charge < -0.3 is 19.7 Å². The van der Waals surface area contributed by atoms with Crippen LogP contribution in [0.2, 0.25) is 0 Å². The first-order valence-corrected chi connectivity index (χ1v) is 8.78. The van der Waals surface area contributed by atoms with Gasteiger partial charge in [0.25, 0.3) is 0 Å². The van der Waals surface area contributed by atoms with Crippen LogP contribution in [0.15, 0.2) is 65.4 Å². The van der Waals surface area contributed by atoms with Crippen LogP contribution in [0.5, 0.6) is 5.75 Å². The maximum absolute atomic E-state index is 13.0. The molecule has 0 radical (unpaired) electrons. The summed E-state index contributed by atoms with van der Waals surface area (Å²) in [7, 11) is 1.46. The van der Waals surface area contributed by atoms with Gasteiger partial charge in [0.05, 0.1) is 24.2 Å². The fraction of sp³-hybridized carbons (Fsp3) is 0.136. The number of hydrogen-bond donors (Lipinski definition) is 2. The van der Waals surface area contributed by atoms with Crippen molar-refractivity contribution in [2.75, 3.05) is 13.7 Å². The summed E-state index contributed by atoms with van der Waals surface area (Å²) in [5.74, 6) is -4.12. The number of ether oxygens (including phenoxy) is 2. The zero-order valence-electron chi connectivity index (χ0n) is 15.3. The Bertz CT molecular complexity index is 1120. The number of esters is 1. The topological polar surface area (TPSA) is 110 Å². The van der Waals surface area contributed by atoms with Crippen LogP contribution in [0.4, 0.5) is 0 Å². The van der Waals surface area contributed by atoms with E-state index in [4.69, 9.17) is 9.47 Å². The molecule has 2 aromatic rings. The van der Waals surface area contributed by atoms with E-state index < -0.39 is 29.2 Å². The van der Waals surface area contributed by atoms with Gasteiger partial charge in [-0.25, -0.2) is 4.79 Å². The van der Waals surface area contributed by atoms with Crippen molar-refractivity contribution in [3.63, 3.8) is 0 Å². The second-order valence-electron chi connectivity index (χ2n) is 6.61. The molecule has 0 aromatic heterocycles. The Morgan fingerprint density at radius 2 is 1.66 bits per heavy atom.